The third kappa shape index (κ3) is 4.99. The van der Waals surface area contributed by atoms with Gasteiger partial charge in [-0.15, -0.1) is 0 Å². The molecule has 0 aliphatic heterocycles. The Morgan fingerprint density at radius 2 is 1.65 bits per heavy atom. The number of hydrogen-bond acceptors (Lipinski definition) is 4. The predicted octanol–water partition coefficient (Wildman–Crippen LogP) is 4.85. The number of aryl methyl sites for hydroxylation is 1. The molecule has 31 heavy (non-hydrogen) atoms. The molecule has 7 nitrogen and oxygen atoms in total. The highest BCUT2D eigenvalue weighted by molar-refractivity contribution is 5.94. The predicted molar refractivity (Wildman–Crippen MR) is 120 cm³/mol. The van der Waals surface area contributed by atoms with Gasteiger partial charge in [-0.05, 0) is 48.6 Å². The molecule has 0 aliphatic rings. The van der Waals surface area contributed by atoms with E-state index < -0.39 is 4.92 Å². The van der Waals surface area contributed by atoms with Crippen LogP contribution in [-0.4, -0.2) is 32.6 Å². The zero-order valence-corrected chi connectivity index (χ0v) is 18.6. The van der Waals surface area contributed by atoms with E-state index in [0.717, 1.165) is 11.1 Å². The number of nitrogens with zero attached hydrogens (tertiary/aromatic N) is 4. The molecule has 0 saturated carbocycles. The Morgan fingerprint density at radius 3 is 2.16 bits per heavy atom. The van der Waals surface area contributed by atoms with Crippen molar-refractivity contribution in [3.05, 3.63) is 92.3 Å². The third-order valence-electron chi connectivity index (χ3n) is 5.47. The Balaban J connectivity index is 1.67. The van der Waals surface area contributed by atoms with E-state index >= 15 is 0 Å². The van der Waals surface area contributed by atoms with Crippen molar-refractivity contribution in [2.45, 2.75) is 46.7 Å². The Labute approximate surface area is 182 Å². The van der Waals surface area contributed by atoms with Gasteiger partial charge in [-0.1, -0.05) is 50.2 Å². The van der Waals surface area contributed by atoms with E-state index in [2.05, 4.69) is 43.2 Å². The highest BCUT2D eigenvalue weighted by Gasteiger charge is 2.21. The fourth-order valence-corrected chi connectivity index (χ4v) is 3.61. The first kappa shape index (κ1) is 22.2. The maximum absolute atomic E-state index is 12.8. The van der Waals surface area contributed by atoms with Crippen molar-refractivity contribution in [2.75, 3.05) is 7.05 Å². The first-order valence-corrected chi connectivity index (χ1v) is 10.3. The molecule has 3 rings (SSSR count). The molecule has 0 aliphatic carbocycles. The lowest BCUT2D eigenvalue weighted by molar-refractivity contribution is -0.386. The van der Waals surface area contributed by atoms with Gasteiger partial charge in [0, 0.05) is 19.2 Å². The number of hydrogen-bond donors (Lipinski definition) is 0. The largest absolute Gasteiger partial charge is 0.337 e. The molecule has 1 heterocycles. The number of amides is 1. The van der Waals surface area contributed by atoms with E-state index in [1.807, 2.05) is 12.1 Å². The van der Waals surface area contributed by atoms with Crippen LogP contribution in [-0.2, 0) is 13.1 Å². The van der Waals surface area contributed by atoms with Gasteiger partial charge in [0.1, 0.15) is 11.4 Å². The van der Waals surface area contributed by atoms with Crippen molar-refractivity contribution < 1.29 is 9.72 Å². The van der Waals surface area contributed by atoms with Gasteiger partial charge in [-0.25, -0.2) is 0 Å². The van der Waals surface area contributed by atoms with Crippen molar-refractivity contribution in [3.63, 3.8) is 0 Å². The van der Waals surface area contributed by atoms with Gasteiger partial charge in [0.2, 0.25) is 0 Å². The zero-order valence-electron chi connectivity index (χ0n) is 18.6. The van der Waals surface area contributed by atoms with Crippen LogP contribution in [0.25, 0.3) is 0 Å². The Kier molecular flexibility index (Phi) is 6.53. The monoisotopic (exact) mass is 420 g/mol. The zero-order chi connectivity index (χ0) is 22.7. The molecule has 0 saturated heterocycles. The number of rotatable bonds is 7. The number of aromatic nitrogens is 2. The lowest BCUT2D eigenvalue weighted by Crippen LogP contribution is -2.26. The van der Waals surface area contributed by atoms with Crippen molar-refractivity contribution in [2.24, 2.45) is 0 Å². The first-order valence-electron chi connectivity index (χ1n) is 10.3. The summed E-state index contributed by atoms with van der Waals surface area (Å²) in [7, 11) is 1.79. The van der Waals surface area contributed by atoms with Crippen LogP contribution in [0.4, 0.5) is 5.69 Å². The van der Waals surface area contributed by atoms with Gasteiger partial charge in [0.05, 0.1) is 11.5 Å². The maximum atomic E-state index is 12.8. The minimum Gasteiger partial charge on any atom is -0.337 e. The molecule has 3 aromatic rings. The Bertz CT molecular complexity index is 1080. The summed E-state index contributed by atoms with van der Waals surface area (Å²) in [5, 5.41) is 15.5. The third-order valence-corrected chi connectivity index (χ3v) is 5.47. The van der Waals surface area contributed by atoms with E-state index in [0.29, 0.717) is 36.0 Å². The summed E-state index contributed by atoms with van der Waals surface area (Å²) in [5.74, 6) is 0.425. The van der Waals surface area contributed by atoms with Crippen LogP contribution in [0, 0.1) is 24.0 Å². The molecule has 0 spiro atoms. The first-order chi connectivity index (χ1) is 14.7. The van der Waals surface area contributed by atoms with Crippen molar-refractivity contribution >= 4 is 11.6 Å². The molecule has 0 unspecified atom stereocenters. The highest BCUT2D eigenvalue weighted by atomic mass is 16.6. The van der Waals surface area contributed by atoms with Gasteiger partial charge >= 0.3 is 5.69 Å². The van der Waals surface area contributed by atoms with Crippen LogP contribution in [0.5, 0.6) is 0 Å². The van der Waals surface area contributed by atoms with Gasteiger partial charge in [0.25, 0.3) is 5.91 Å². The average Bonchev–Trinajstić information content (AvgIpc) is 3.01. The summed E-state index contributed by atoms with van der Waals surface area (Å²) in [6.07, 6.45) is 0. The number of carbonyl (C=O) groups excluding carboxylic acids is 1. The van der Waals surface area contributed by atoms with Gasteiger partial charge in [0.15, 0.2) is 0 Å². The number of benzene rings is 2. The van der Waals surface area contributed by atoms with Crippen molar-refractivity contribution in [3.8, 4) is 0 Å². The molecule has 162 valence electrons. The van der Waals surface area contributed by atoms with Gasteiger partial charge in [-0.2, -0.15) is 5.10 Å². The SMILES string of the molecule is Cc1nn(Cc2ccc(C(=O)N(C)Cc3ccc(C(C)C)cc3)cc2)c(C)c1[N+](=O)[O-]. The molecule has 2 aromatic carbocycles. The number of carbonyl (C=O) groups is 1. The minimum absolute atomic E-state index is 0.0508. The molecule has 0 N–H and O–H groups in total. The molecular weight excluding hydrogens is 392 g/mol. The summed E-state index contributed by atoms with van der Waals surface area (Å²) in [6.45, 7) is 8.59. The molecule has 7 heteroatoms. The lowest BCUT2D eigenvalue weighted by Gasteiger charge is -2.18. The second-order valence-electron chi connectivity index (χ2n) is 8.19. The number of nitro groups is 1. The smallest absolute Gasteiger partial charge is 0.312 e. The van der Waals surface area contributed by atoms with E-state index in [1.165, 1.54) is 5.56 Å². The van der Waals surface area contributed by atoms with Crippen LogP contribution >= 0.6 is 0 Å². The highest BCUT2D eigenvalue weighted by Crippen LogP contribution is 2.23. The fraction of sp³-hybridized carbons (Fsp3) is 0.333. The normalized spacial score (nSPS) is 11.0. The van der Waals surface area contributed by atoms with Crippen molar-refractivity contribution in [1.82, 2.24) is 14.7 Å². The molecule has 0 fully saturated rings. The van der Waals surface area contributed by atoms with Crippen LogP contribution in [0.3, 0.4) is 0 Å². The van der Waals surface area contributed by atoms with Crippen molar-refractivity contribution in [1.29, 1.82) is 0 Å². The van der Waals surface area contributed by atoms with E-state index in [1.54, 1.807) is 42.6 Å². The standard InChI is InChI=1S/C24H28N4O3/c1-16(2)21-10-6-19(7-11-21)14-26(5)24(29)22-12-8-20(9-13-22)15-27-18(4)23(28(30)31)17(3)25-27/h6-13,16H,14-15H2,1-5H3. The summed E-state index contributed by atoms with van der Waals surface area (Å²) >= 11 is 0. The Hall–Kier alpha value is -3.48. The molecular formula is C24H28N4O3. The molecule has 0 radical (unpaired) electrons. The van der Waals surface area contributed by atoms with Crippen LogP contribution < -0.4 is 0 Å². The quantitative estimate of drug-likeness (QED) is 0.404. The average molecular weight is 421 g/mol. The van der Waals surface area contributed by atoms with E-state index in [4.69, 9.17) is 0 Å². The maximum Gasteiger partial charge on any atom is 0.312 e. The second-order valence-corrected chi connectivity index (χ2v) is 8.19. The van der Waals surface area contributed by atoms with Crippen LogP contribution in [0.15, 0.2) is 48.5 Å². The molecule has 0 bridgehead atoms. The van der Waals surface area contributed by atoms with Crippen LogP contribution in [0.1, 0.15) is 58.2 Å². The summed E-state index contributed by atoms with van der Waals surface area (Å²) < 4.78 is 1.62. The van der Waals surface area contributed by atoms with Crippen LogP contribution in [0.2, 0.25) is 0 Å². The Morgan fingerprint density at radius 1 is 1.06 bits per heavy atom. The van der Waals surface area contributed by atoms with Gasteiger partial charge in [-0.3, -0.25) is 19.6 Å². The minimum atomic E-state index is -0.401. The summed E-state index contributed by atoms with van der Waals surface area (Å²) in [5.41, 5.74) is 4.86. The topological polar surface area (TPSA) is 81.3 Å². The second kappa shape index (κ2) is 9.12. The van der Waals surface area contributed by atoms with Gasteiger partial charge < -0.3 is 4.90 Å². The molecule has 1 aromatic heterocycles. The van der Waals surface area contributed by atoms with E-state index in [9.17, 15) is 14.9 Å². The molecule has 1 amide bonds. The van der Waals surface area contributed by atoms with E-state index in [-0.39, 0.29) is 11.6 Å². The summed E-state index contributed by atoms with van der Waals surface area (Å²) in [6, 6.07) is 15.6. The lowest BCUT2D eigenvalue weighted by atomic mass is 10.0. The molecule has 0 atom stereocenters. The fourth-order valence-electron chi connectivity index (χ4n) is 3.61. The summed E-state index contributed by atoms with van der Waals surface area (Å²) in [4.78, 5) is 25.3.